The molecule has 1 saturated heterocycles. The van der Waals surface area contributed by atoms with E-state index in [0.717, 1.165) is 12.0 Å². The Balaban J connectivity index is 1.53. The van der Waals surface area contributed by atoms with Crippen LogP contribution in [-0.2, 0) is 11.3 Å². The van der Waals surface area contributed by atoms with Gasteiger partial charge in [0.1, 0.15) is 6.04 Å². The van der Waals surface area contributed by atoms with Gasteiger partial charge in [0.05, 0.1) is 17.7 Å². The highest BCUT2D eigenvalue weighted by molar-refractivity contribution is 6.22. The normalized spacial score (nSPS) is 18.6. The topological polar surface area (TPSA) is 95.6 Å². The van der Waals surface area contributed by atoms with E-state index in [-0.39, 0.29) is 35.0 Å². The zero-order chi connectivity index (χ0) is 19.7. The molecule has 2 aromatic rings. The van der Waals surface area contributed by atoms with Gasteiger partial charge in [0, 0.05) is 12.1 Å². The first-order valence-corrected chi connectivity index (χ1v) is 9.17. The van der Waals surface area contributed by atoms with Crippen molar-refractivity contribution in [2.24, 2.45) is 0 Å². The van der Waals surface area contributed by atoms with Crippen molar-refractivity contribution in [3.05, 3.63) is 70.8 Å². The van der Waals surface area contributed by atoms with E-state index >= 15 is 0 Å². The van der Waals surface area contributed by atoms with Crippen molar-refractivity contribution in [1.29, 1.82) is 0 Å². The molecule has 0 bridgehead atoms. The van der Waals surface area contributed by atoms with Crippen LogP contribution in [0.5, 0.6) is 0 Å². The SMILES string of the molecule is O=C(NC1CCCNC1=O)c1ccc2c(c1)C(=O)N(Cc1ccccc1)C2=O. The standard InChI is InChI=1S/C21H19N3O4/c25-18(23-17-7-4-10-22-19(17)26)14-8-9-15-16(11-14)21(28)24(20(15)27)12-13-5-2-1-3-6-13/h1-3,5-6,8-9,11,17H,4,7,10,12H2,(H,22,26)(H,23,25). The van der Waals surface area contributed by atoms with Crippen LogP contribution >= 0.6 is 0 Å². The first kappa shape index (κ1) is 17.9. The van der Waals surface area contributed by atoms with Gasteiger partial charge in [0.2, 0.25) is 5.91 Å². The molecular formula is C21H19N3O4. The second-order valence-electron chi connectivity index (χ2n) is 6.90. The van der Waals surface area contributed by atoms with Crippen molar-refractivity contribution >= 4 is 23.6 Å². The molecule has 0 saturated carbocycles. The number of carbonyl (C=O) groups is 4. The lowest BCUT2D eigenvalue weighted by Crippen LogP contribution is -2.50. The number of carbonyl (C=O) groups excluding carboxylic acids is 4. The molecule has 0 aromatic heterocycles. The van der Waals surface area contributed by atoms with Gasteiger partial charge in [0.25, 0.3) is 17.7 Å². The second kappa shape index (κ2) is 7.26. The molecule has 4 rings (SSSR count). The molecule has 1 fully saturated rings. The maximum absolute atomic E-state index is 12.7. The van der Waals surface area contributed by atoms with Gasteiger partial charge in [-0.15, -0.1) is 0 Å². The number of imide groups is 1. The van der Waals surface area contributed by atoms with Crippen molar-refractivity contribution in [2.75, 3.05) is 6.54 Å². The van der Waals surface area contributed by atoms with Crippen LogP contribution < -0.4 is 10.6 Å². The fraction of sp³-hybridized carbons (Fsp3) is 0.238. The quantitative estimate of drug-likeness (QED) is 0.789. The zero-order valence-electron chi connectivity index (χ0n) is 15.1. The molecule has 2 aliphatic heterocycles. The Kier molecular flexibility index (Phi) is 4.65. The largest absolute Gasteiger partial charge is 0.354 e. The molecule has 1 atom stereocenters. The summed E-state index contributed by atoms with van der Waals surface area (Å²) in [5.41, 5.74) is 1.59. The number of amides is 4. The maximum Gasteiger partial charge on any atom is 0.261 e. The monoisotopic (exact) mass is 377 g/mol. The molecule has 28 heavy (non-hydrogen) atoms. The number of hydrogen-bond acceptors (Lipinski definition) is 4. The maximum atomic E-state index is 12.7. The fourth-order valence-electron chi connectivity index (χ4n) is 3.49. The van der Waals surface area contributed by atoms with Gasteiger partial charge in [-0.25, -0.2) is 0 Å². The van der Waals surface area contributed by atoms with E-state index in [9.17, 15) is 19.2 Å². The Labute approximate surface area is 161 Å². The van der Waals surface area contributed by atoms with Crippen molar-refractivity contribution in [2.45, 2.75) is 25.4 Å². The minimum absolute atomic E-state index is 0.178. The summed E-state index contributed by atoms with van der Waals surface area (Å²) in [6.07, 6.45) is 1.37. The van der Waals surface area contributed by atoms with Crippen molar-refractivity contribution in [1.82, 2.24) is 15.5 Å². The van der Waals surface area contributed by atoms with E-state index < -0.39 is 17.9 Å². The van der Waals surface area contributed by atoms with Crippen molar-refractivity contribution < 1.29 is 19.2 Å². The predicted molar refractivity (Wildman–Crippen MR) is 101 cm³/mol. The molecule has 7 heteroatoms. The zero-order valence-corrected chi connectivity index (χ0v) is 15.1. The third-order valence-corrected chi connectivity index (χ3v) is 5.01. The number of benzene rings is 2. The van der Waals surface area contributed by atoms with Gasteiger partial charge in [-0.3, -0.25) is 24.1 Å². The van der Waals surface area contributed by atoms with E-state index in [4.69, 9.17) is 0 Å². The summed E-state index contributed by atoms with van der Waals surface area (Å²) in [7, 11) is 0. The van der Waals surface area contributed by atoms with E-state index in [1.807, 2.05) is 30.3 Å². The molecule has 7 nitrogen and oxygen atoms in total. The molecule has 2 aromatic carbocycles. The lowest BCUT2D eigenvalue weighted by Gasteiger charge is -2.22. The van der Waals surface area contributed by atoms with Crippen molar-refractivity contribution in [3.8, 4) is 0 Å². The molecular weight excluding hydrogens is 358 g/mol. The number of nitrogens with zero attached hydrogens (tertiary/aromatic N) is 1. The van der Waals surface area contributed by atoms with Gasteiger partial charge in [0.15, 0.2) is 0 Å². The van der Waals surface area contributed by atoms with Crippen molar-refractivity contribution in [3.63, 3.8) is 0 Å². The number of rotatable bonds is 4. The smallest absolute Gasteiger partial charge is 0.261 e. The minimum Gasteiger partial charge on any atom is -0.354 e. The van der Waals surface area contributed by atoms with Crippen LogP contribution in [-0.4, -0.2) is 41.1 Å². The summed E-state index contributed by atoms with van der Waals surface area (Å²) >= 11 is 0. The first-order valence-electron chi connectivity index (χ1n) is 9.17. The van der Waals surface area contributed by atoms with E-state index in [1.165, 1.54) is 23.1 Å². The Hall–Kier alpha value is -3.48. The van der Waals surface area contributed by atoms with E-state index in [1.54, 1.807) is 0 Å². The van der Waals surface area contributed by atoms with Crippen LogP contribution in [0.15, 0.2) is 48.5 Å². The van der Waals surface area contributed by atoms with E-state index in [0.29, 0.717) is 13.0 Å². The van der Waals surface area contributed by atoms with Gasteiger partial charge in [-0.1, -0.05) is 30.3 Å². The van der Waals surface area contributed by atoms with Gasteiger partial charge >= 0.3 is 0 Å². The summed E-state index contributed by atoms with van der Waals surface area (Å²) in [5, 5.41) is 5.41. The number of hydrogen-bond donors (Lipinski definition) is 2. The minimum atomic E-state index is -0.582. The summed E-state index contributed by atoms with van der Waals surface area (Å²) in [6, 6.07) is 13.1. The van der Waals surface area contributed by atoms with Crippen LogP contribution in [0.25, 0.3) is 0 Å². The number of fused-ring (bicyclic) bond motifs is 1. The average molecular weight is 377 g/mol. The Morgan fingerprint density at radius 1 is 1.04 bits per heavy atom. The Morgan fingerprint density at radius 3 is 2.54 bits per heavy atom. The summed E-state index contributed by atoms with van der Waals surface area (Å²) in [6.45, 7) is 0.787. The molecule has 2 N–H and O–H groups in total. The molecule has 4 amide bonds. The molecule has 1 unspecified atom stereocenters. The van der Waals surface area contributed by atoms with E-state index in [2.05, 4.69) is 10.6 Å². The Morgan fingerprint density at radius 2 is 1.79 bits per heavy atom. The van der Waals surface area contributed by atoms with Crippen LogP contribution in [0.4, 0.5) is 0 Å². The molecule has 2 heterocycles. The van der Waals surface area contributed by atoms with Gasteiger partial charge < -0.3 is 10.6 Å². The predicted octanol–water partition coefficient (Wildman–Crippen LogP) is 1.49. The molecule has 0 spiro atoms. The summed E-state index contributed by atoms with van der Waals surface area (Å²) < 4.78 is 0. The highest BCUT2D eigenvalue weighted by atomic mass is 16.2. The molecule has 2 aliphatic rings. The molecule has 142 valence electrons. The highest BCUT2D eigenvalue weighted by Crippen LogP contribution is 2.25. The molecule has 0 radical (unpaired) electrons. The number of nitrogens with one attached hydrogen (secondary N) is 2. The lowest BCUT2D eigenvalue weighted by molar-refractivity contribution is -0.124. The van der Waals surface area contributed by atoms with Gasteiger partial charge in [-0.2, -0.15) is 0 Å². The third kappa shape index (κ3) is 3.26. The summed E-state index contributed by atoms with van der Waals surface area (Å²) in [4.78, 5) is 50.9. The Bertz CT molecular complexity index is 971. The highest BCUT2D eigenvalue weighted by Gasteiger charge is 2.36. The number of piperidine rings is 1. The van der Waals surface area contributed by atoms with Crippen LogP contribution in [0.1, 0.15) is 49.5 Å². The average Bonchev–Trinajstić information content (AvgIpc) is 2.95. The summed E-state index contributed by atoms with van der Waals surface area (Å²) in [5.74, 6) is -1.44. The third-order valence-electron chi connectivity index (χ3n) is 5.01. The first-order chi connectivity index (χ1) is 13.5. The fourth-order valence-corrected chi connectivity index (χ4v) is 3.49. The molecule has 0 aliphatic carbocycles. The van der Waals surface area contributed by atoms with Crippen LogP contribution in [0.2, 0.25) is 0 Å². The van der Waals surface area contributed by atoms with Crippen LogP contribution in [0.3, 0.4) is 0 Å². The van der Waals surface area contributed by atoms with Crippen LogP contribution in [0, 0.1) is 0 Å². The van der Waals surface area contributed by atoms with Gasteiger partial charge in [-0.05, 0) is 36.6 Å². The lowest BCUT2D eigenvalue weighted by atomic mass is 10.0. The second-order valence-corrected chi connectivity index (χ2v) is 6.90.